The number of halogens is 1. The number of hydrogen-bond acceptors (Lipinski definition) is 5. The van der Waals surface area contributed by atoms with Crippen LogP contribution in [0.2, 0.25) is 5.02 Å². The van der Waals surface area contributed by atoms with Crippen molar-refractivity contribution < 1.29 is 19.1 Å². The molecule has 1 aliphatic heterocycles. The first-order chi connectivity index (χ1) is 13.1. The molecule has 1 aliphatic rings. The van der Waals surface area contributed by atoms with Gasteiger partial charge in [0.05, 0.1) is 36.8 Å². The lowest BCUT2D eigenvalue weighted by Gasteiger charge is -2.30. The molecule has 0 aromatic heterocycles. The van der Waals surface area contributed by atoms with Crippen LogP contribution in [0.15, 0.2) is 42.5 Å². The molecule has 1 fully saturated rings. The van der Waals surface area contributed by atoms with E-state index in [2.05, 4.69) is 10.2 Å². The van der Waals surface area contributed by atoms with Gasteiger partial charge < -0.3 is 19.7 Å². The van der Waals surface area contributed by atoms with Crippen molar-refractivity contribution in [3.63, 3.8) is 0 Å². The number of rotatable bonds is 5. The second-order valence-corrected chi connectivity index (χ2v) is 6.45. The van der Waals surface area contributed by atoms with E-state index in [1.165, 1.54) is 0 Å². The maximum absolute atomic E-state index is 12.7. The normalized spacial score (nSPS) is 13.9. The molecule has 1 N–H and O–H groups in total. The molecule has 6 nitrogen and oxygen atoms in total. The first-order valence-corrected chi connectivity index (χ1v) is 9.17. The van der Waals surface area contributed by atoms with Crippen LogP contribution in [0.5, 0.6) is 0 Å². The van der Waals surface area contributed by atoms with Crippen LogP contribution >= 0.6 is 11.6 Å². The topological polar surface area (TPSA) is 67.9 Å². The van der Waals surface area contributed by atoms with E-state index >= 15 is 0 Å². The van der Waals surface area contributed by atoms with E-state index in [1.807, 2.05) is 6.07 Å². The highest BCUT2D eigenvalue weighted by atomic mass is 35.5. The largest absolute Gasteiger partial charge is 0.462 e. The second kappa shape index (κ2) is 8.88. The zero-order valence-electron chi connectivity index (χ0n) is 15.0. The average Bonchev–Trinajstić information content (AvgIpc) is 2.69. The van der Waals surface area contributed by atoms with Crippen LogP contribution in [0, 0.1) is 0 Å². The van der Waals surface area contributed by atoms with Crippen molar-refractivity contribution in [2.24, 2.45) is 0 Å². The van der Waals surface area contributed by atoms with Gasteiger partial charge in [0.2, 0.25) is 0 Å². The highest BCUT2D eigenvalue weighted by Gasteiger charge is 2.19. The minimum absolute atomic E-state index is 0.276. The molecule has 0 radical (unpaired) electrons. The predicted molar refractivity (Wildman–Crippen MR) is 105 cm³/mol. The van der Waals surface area contributed by atoms with Gasteiger partial charge in [0.25, 0.3) is 5.91 Å². The number of benzene rings is 2. The van der Waals surface area contributed by atoms with Crippen LogP contribution in [0.4, 0.5) is 11.4 Å². The van der Waals surface area contributed by atoms with E-state index in [4.69, 9.17) is 21.1 Å². The molecule has 0 unspecified atom stereocenters. The van der Waals surface area contributed by atoms with Crippen LogP contribution in [-0.2, 0) is 9.47 Å². The van der Waals surface area contributed by atoms with Gasteiger partial charge in [-0.15, -0.1) is 0 Å². The molecule has 2 aromatic rings. The Labute approximate surface area is 163 Å². The SMILES string of the molecule is CCOC(=O)c1ccc(N2CCOCC2)c(NC(=O)c2ccc(Cl)cc2)c1. The van der Waals surface area contributed by atoms with Gasteiger partial charge in [0.15, 0.2) is 0 Å². The van der Waals surface area contributed by atoms with Crippen LogP contribution in [0.1, 0.15) is 27.6 Å². The summed E-state index contributed by atoms with van der Waals surface area (Å²) in [4.78, 5) is 26.9. The van der Waals surface area contributed by atoms with Crippen LogP contribution < -0.4 is 10.2 Å². The standard InChI is InChI=1S/C20H21ClN2O4/c1-2-27-20(25)15-5-8-18(23-9-11-26-12-10-23)17(13-15)22-19(24)14-3-6-16(21)7-4-14/h3-8,13H,2,9-12H2,1H3,(H,22,24). The summed E-state index contributed by atoms with van der Waals surface area (Å²) in [6.45, 7) is 4.69. The van der Waals surface area contributed by atoms with Crippen molar-refractivity contribution in [1.82, 2.24) is 0 Å². The summed E-state index contributed by atoms with van der Waals surface area (Å²) < 4.78 is 10.5. The van der Waals surface area contributed by atoms with Crippen molar-refractivity contribution >= 4 is 34.9 Å². The number of ether oxygens (including phenoxy) is 2. The fourth-order valence-corrected chi connectivity index (χ4v) is 2.98. The van der Waals surface area contributed by atoms with Gasteiger partial charge in [-0.2, -0.15) is 0 Å². The molecule has 142 valence electrons. The second-order valence-electron chi connectivity index (χ2n) is 6.01. The van der Waals surface area contributed by atoms with Gasteiger partial charge in [0, 0.05) is 23.7 Å². The fraction of sp³-hybridized carbons (Fsp3) is 0.300. The van der Waals surface area contributed by atoms with Gasteiger partial charge in [-0.3, -0.25) is 4.79 Å². The molecule has 1 saturated heterocycles. The molecule has 3 rings (SSSR count). The lowest BCUT2D eigenvalue weighted by Crippen LogP contribution is -2.36. The molecule has 0 saturated carbocycles. The van der Waals surface area contributed by atoms with Gasteiger partial charge in [-0.1, -0.05) is 11.6 Å². The summed E-state index contributed by atoms with van der Waals surface area (Å²) in [5.74, 6) is -0.699. The molecule has 0 spiro atoms. The van der Waals surface area contributed by atoms with Gasteiger partial charge in [-0.05, 0) is 49.4 Å². The van der Waals surface area contributed by atoms with Crippen molar-refractivity contribution in [2.75, 3.05) is 43.1 Å². The summed E-state index contributed by atoms with van der Waals surface area (Å²) in [6, 6.07) is 11.8. The van der Waals surface area contributed by atoms with Crippen molar-refractivity contribution in [3.8, 4) is 0 Å². The maximum atomic E-state index is 12.7. The zero-order valence-corrected chi connectivity index (χ0v) is 15.8. The van der Waals surface area contributed by atoms with Gasteiger partial charge in [-0.25, -0.2) is 4.79 Å². The number of morpholine rings is 1. The zero-order chi connectivity index (χ0) is 19.2. The number of carbonyl (C=O) groups is 2. The van der Waals surface area contributed by atoms with E-state index < -0.39 is 5.97 Å². The van der Waals surface area contributed by atoms with Crippen molar-refractivity contribution in [3.05, 3.63) is 58.6 Å². The third kappa shape index (κ3) is 4.78. The molecule has 2 aromatic carbocycles. The number of nitrogens with one attached hydrogen (secondary N) is 1. The highest BCUT2D eigenvalue weighted by Crippen LogP contribution is 2.29. The number of hydrogen-bond donors (Lipinski definition) is 1. The van der Waals surface area contributed by atoms with E-state index in [0.29, 0.717) is 48.1 Å². The number of amides is 1. The minimum Gasteiger partial charge on any atom is -0.462 e. The first kappa shape index (κ1) is 19.2. The van der Waals surface area contributed by atoms with E-state index in [0.717, 1.165) is 5.69 Å². The smallest absolute Gasteiger partial charge is 0.338 e. The Balaban J connectivity index is 1.90. The Morgan fingerprint density at radius 1 is 1.11 bits per heavy atom. The van der Waals surface area contributed by atoms with Crippen LogP contribution in [0.25, 0.3) is 0 Å². The third-order valence-electron chi connectivity index (χ3n) is 4.21. The number of carbonyl (C=O) groups excluding carboxylic acids is 2. The highest BCUT2D eigenvalue weighted by molar-refractivity contribution is 6.30. The molecule has 0 aliphatic carbocycles. The Hall–Kier alpha value is -2.57. The van der Waals surface area contributed by atoms with Crippen molar-refractivity contribution in [1.29, 1.82) is 0 Å². The molecule has 1 amide bonds. The van der Waals surface area contributed by atoms with E-state index in [-0.39, 0.29) is 12.5 Å². The van der Waals surface area contributed by atoms with Crippen LogP contribution in [-0.4, -0.2) is 44.8 Å². The Bertz CT molecular complexity index is 817. The quantitative estimate of drug-likeness (QED) is 0.792. The summed E-state index contributed by atoms with van der Waals surface area (Å²) in [5.41, 5.74) is 2.27. The number of nitrogens with zero attached hydrogens (tertiary/aromatic N) is 1. The van der Waals surface area contributed by atoms with Gasteiger partial charge in [0.1, 0.15) is 0 Å². The van der Waals surface area contributed by atoms with Crippen LogP contribution in [0.3, 0.4) is 0 Å². The molecule has 0 atom stereocenters. The molecular weight excluding hydrogens is 368 g/mol. The lowest BCUT2D eigenvalue weighted by molar-refractivity contribution is 0.0526. The summed E-state index contributed by atoms with van der Waals surface area (Å²) in [6.07, 6.45) is 0. The summed E-state index contributed by atoms with van der Waals surface area (Å²) in [5, 5.41) is 3.47. The molecule has 1 heterocycles. The first-order valence-electron chi connectivity index (χ1n) is 8.79. The Morgan fingerprint density at radius 2 is 1.78 bits per heavy atom. The average molecular weight is 389 g/mol. The summed E-state index contributed by atoms with van der Waals surface area (Å²) in [7, 11) is 0. The molecular formula is C20H21ClN2O4. The lowest BCUT2D eigenvalue weighted by atomic mass is 10.1. The minimum atomic E-state index is -0.423. The number of esters is 1. The molecule has 7 heteroatoms. The maximum Gasteiger partial charge on any atom is 0.338 e. The van der Waals surface area contributed by atoms with E-state index in [9.17, 15) is 9.59 Å². The fourth-order valence-electron chi connectivity index (χ4n) is 2.85. The molecule has 0 bridgehead atoms. The Kier molecular flexibility index (Phi) is 6.32. The summed E-state index contributed by atoms with van der Waals surface area (Å²) >= 11 is 5.89. The monoisotopic (exact) mass is 388 g/mol. The molecule has 27 heavy (non-hydrogen) atoms. The van der Waals surface area contributed by atoms with E-state index in [1.54, 1.807) is 43.3 Å². The third-order valence-corrected chi connectivity index (χ3v) is 4.47. The number of anilines is 2. The van der Waals surface area contributed by atoms with Gasteiger partial charge >= 0.3 is 5.97 Å². The van der Waals surface area contributed by atoms with Crippen molar-refractivity contribution in [2.45, 2.75) is 6.92 Å². The predicted octanol–water partition coefficient (Wildman–Crippen LogP) is 3.61. The Morgan fingerprint density at radius 3 is 2.44 bits per heavy atom.